The Balaban J connectivity index is 1.55. The van der Waals surface area contributed by atoms with Gasteiger partial charge in [-0.3, -0.25) is 4.57 Å². The van der Waals surface area contributed by atoms with E-state index >= 15 is 0 Å². The molecule has 130 valence electrons. The molecule has 0 saturated carbocycles. The monoisotopic (exact) mass is 341 g/mol. The molecule has 0 aliphatic carbocycles. The molecule has 2 aromatic heterocycles. The lowest BCUT2D eigenvalue weighted by molar-refractivity contribution is -0.0207. The summed E-state index contributed by atoms with van der Waals surface area (Å²) in [5.41, 5.74) is 2.40. The van der Waals surface area contributed by atoms with Gasteiger partial charge in [0, 0.05) is 6.54 Å². The Hall–Kier alpha value is -2.71. The van der Waals surface area contributed by atoms with Crippen LogP contribution in [0.25, 0.3) is 11.2 Å². The molecule has 1 fully saturated rings. The second-order valence-corrected chi connectivity index (χ2v) is 6.04. The van der Waals surface area contributed by atoms with E-state index in [1.54, 1.807) is 18.5 Å². The smallest absolute Gasteiger partial charge is 0.167 e. The summed E-state index contributed by atoms with van der Waals surface area (Å²) in [6, 6.07) is 6.99. The van der Waals surface area contributed by atoms with Crippen molar-refractivity contribution in [2.45, 2.75) is 31.7 Å². The number of aromatic hydroxyl groups is 1. The van der Waals surface area contributed by atoms with Crippen LogP contribution < -0.4 is 5.32 Å². The first kappa shape index (κ1) is 15.8. The summed E-state index contributed by atoms with van der Waals surface area (Å²) in [7, 11) is 0. The van der Waals surface area contributed by atoms with E-state index in [2.05, 4.69) is 20.3 Å². The Morgan fingerprint density at radius 3 is 2.76 bits per heavy atom. The third-order valence-corrected chi connectivity index (χ3v) is 4.35. The number of phenols is 1. The highest BCUT2D eigenvalue weighted by Crippen LogP contribution is 2.31. The summed E-state index contributed by atoms with van der Waals surface area (Å²) in [6.07, 6.45) is 4.54. The number of aromatic nitrogens is 4. The quantitative estimate of drug-likeness (QED) is 0.650. The third-order valence-electron chi connectivity index (χ3n) is 4.35. The van der Waals surface area contributed by atoms with Gasteiger partial charge < -0.3 is 20.3 Å². The van der Waals surface area contributed by atoms with Gasteiger partial charge >= 0.3 is 0 Å². The minimum atomic E-state index is -0.165. The Morgan fingerprint density at radius 1 is 1.16 bits per heavy atom. The van der Waals surface area contributed by atoms with Crippen molar-refractivity contribution >= 4 is 17.0 Å². The molecule has 25 heavy (non-hydrogen) atoms. The number of anilines is 1. The molecular weight excluding hydrogens is 322 g/mol. The SMILES string of the molecule is OCC1CCC(n2cnc3c(NCc4ccc(O)cc4)ncnc32)O1. The maximum Gasteiger partial charge on any atom is 0.167 e. The molecule has 3 aromatic rings. The largest absolute Gasteiger partial charge is 0.508 e. The average Bonchev–Trinajstić information content (AvgIpc) is 3.27. The van der Waals surface area contributed by atoms with Crippen LogP contribution in [0.2, 0.25) is 0 Å². The Morgan fingerprint density at radius 2 is 2.00 bits per heavy atom. The number of nitrogens with zero attached hydrogens (tertiary/aromatic N) is 4. The highest BCUT2D eigenvalue weighted by atomic mass is 16.5. The van der Waals surface area contributed by atoms with Crippen molar-refractivity contribution in [3.05, 3.63) is 42.5 Å². The maximum atomic E-state index is 9.35. The van der Waals surface area contributed by atoms with Crippen molar-refractivity contribution in [1.82, 2.24) is 19.5 Å². The van der Waals surface area contributed by atoms with E-state index in [9.17, 15) is 10.2 Å². The number of aliphatic hydroxyl groups excluding tert-OH is 1. The zero-order valence-corrected chi connectivity index (χ0v) is 13.5. The van der Waals surface area contributed by atoms with E-state index in [0.717, 1.165) is 18.4 Å². The average molecular weight is 341 g/mol. The first-order valence-corrected chi connectivity index (χ1v) is 8.20. The number of rotatable bonds is 5. The molecule has 8 heteroatoms. The predicted molar refractivity (Wildman–Crippen MR) is 91.0 cm³/mol. The van der Waals surface area contributed by atoms with Gasteiger partial charge in [0.2, 0.25) is 0 Å². The zero-order valence-electron chi connectivity index (χ0n) is 13.5. The molecule has 1 aromatic carbocycles. The minimum Gasteiger partial charge on any atom is -0.508 e. The molecule has 2 unspecified atom stereocenters. The lowest BCUT2D eigenvalue weighted by Gasteiger charge is -2.14. The second kappa shape index (κ2) is 6.66. The molecule has 3 N–H and O–H groups in total. The van der Waals surface area contributed by atoms with Crippen LogP contribution in [-0.2, 0) is 11.3 Å². The van der Waals surface area contributed by atoms with Crippen LogP contribution in [0.5, 0.6) is 5.75 Å². The van der Waals surface area contributed by atoms with Crippen molar-refractivity contribution in [2.75, 3.05) is 11.9 Å². The zero-order chi connectivity index (χ0) is 17.2. The number of hydrogen-bond donors (Lipinski definition) is 3. The van der Waals surface area contributed by atoms with Gasteiger partial charge in [-0.05, 0) is 30.5 Å². The summed E-state index contributed by atoms with van der Waals surface area (Å²) in [5, 5.41) is 21.8. The normalized spacial score (nSPS) is 20.2. The summed E-state index contributed by atoms with van der Waals surface area (Å²) < 4.78 is 7.70. The van der Waals surface area contributed by atoms with Gasteiger partial charge in [0.15, 0.2) is 17.0 Å². The molecule has 0 radical (unpaired) electrons. The molecule has 8 nitrogen and oxygen atoms in total. The van der Waals surface area contributed by atoms with Gasteiger partial charge in [-0.2, -0.15) is 0 Å². The number of hydrogen-bond acceptors (Lipinski definition) is 7. The van der Waals surface area contributed by atoms with Crippen molar-refractivity contribution < 1.29 is 14.9 Å². The summed E-state index contributed by atoms with van der Waals surface area (Å²) in [6.45, 7) is 0.587. The molecule has 0 bridgehead atoms. The number of fused-ring (bicyclic) bond motifs is 1. The summed E-state index contributed by atoms with van der Waals surface area (Å²) in [4.78, 5) is 13.1. The molecule has 1 aliphatic rings. The second-order valence-electron chi connectivity index (χ2n) is 6.04. The molecule has 1 aliphatic heterocycles. The van der Waals surface area contributed by atoms with E-state index in [1.807, 2.05) is 16.7 Å². The number of aliphatic hydroxyl groups is 1. The standard InChI is InChI=1S/C17H19N5O3/c23-8-13-5-6-14(25-13)22-10-21-15-16(19-9-20-17(15)22)18-7-11-1-3-12(24)4-2-11/h1-4,9-10,13-14,23-24H,5-8H2,(H,18,19,20). The van der Waals surface area contributed by atoms with Crippen molar-refractivity contribution in [3.8, 4) is 5.75 Å². The van der Waals surface area contributed by atoms with E-state index in [0.29, 0.717) is 23.5 Å². The molecule has 4 rings (SSSR count). The minimum absolute atomic E-state index is 0.0253. The molecule has 0 spiro atoms. The van der Waals surface area contributed by atoms with Crippen molar-refractivity contribution in [1.29, 1.82) is 0 Å². The van der Waals surface area contributed by atoms with Crippen LogP contribution in [-0.4, -0.2) is 42.4 Å². The first-order valence-electron chi connectivity index (χ1n) is 8.20. The Labute approximate surface area is 144 Å². The van der Waals surface area contributed by atoms with Crippen LogP contribution in [0.15, 0.2) is 36.9 Å². The number of nitrogens with one attached hydrogen (secondary N) is 1. The number of ether oxygens (including phenoxy) is 1. The van der Waals surface area contributed by atoms with Crippen molar-refractivity contribution in [3.63, 3.8) is 0 Å². The number of imidazole rings is 1. The predicted octanol–water partition coefficient (Wildman–Crippen LogP) is 1.81. The Bertz CT molecular complexity index is 864. The molecule has 1 saturated heterocycles. The fourth-order valence-electron chi connectivity index (χ4n) is 3.02. The Kier molecular flexibility index (Phi) is 4.21. The third kappa shape index (κ3) is 3.13. The molecule has 3 heterocycles. The van der Waals surface area contributed by atoms with Crippen LogP contribution >= 0.6 is 0 Å². The molecule has 0 amide bonds. The molecule has 2 atom stereocenters. The first-order chi connectivity index (χ1) is 12.2. The lowest BCUT2D eigenvalue weighted by atomic mass is 10.2. The van der Waals surface area contributed by atoms with Gasteiger partial charge in [-0.15, -0.1) is 0 Å². The van der Waals surface area contributed by atoms with Gasteiger partial charge in [0.05, 0.1) is 19.0 Å². The van der Waals surface area contributed by atoms with Gasteiger partial charge in [0.1, 0.15) is 18.3 Å². The summed E-state index contributed by atoms with van der Waals surface area (Å²) >= 11 is 0. The van der Waals surface area contributed by atoms with E-state index in [-0.39, 0.29) is 24.7 Å². The highest BCUT2D eigenvalue weighted by molar-refractivity contribution is 5.82. The van der Waals surface area contributed by atoms with Crippen LogP contribution in [0.1, 0.15) is 24.6 Å². The maximum absolute atomic E-state index is 9.35. The van der Waals surface area contributed by atoms with Gasteiger partial charge in [0.25, 0.3) is 0 Å². The van der Waals surface area contributed by atoms with Crippen LogP contribution in [0.4, 0.5) is 5.82 Å². The van der Waals surface area contributed by atoms with Crippen molar-refractivity contribution in [2.24, 2.45) is 0 Å². The topological polar surface area (TPSA) is 105 Å². The van der Waals surface area contributed by atoms with Crippen LogP contribution in [0, 0.1) is 0 Å². The fraction of sp³-hybridized carbons (Fsp3) is 0.353. The van der Waals surface area contributed by atoms with E-state index in [4.69, 9.17) is 4.74 Å². The lowest BCUT2D eigenvalue weighted by Crippen LogP contribution is -2.14. The number of benzene rings is 1. The van der Waals surface area contributed by atoms with Crippen LogP contribution in [0.3, 0.4) is 0 Å². The van der Waals surface area contributed by atoms with Gasteiger partial charge in [-0.25, -0.2) is 15.0 Å². The molecular formula is C17H19N5O3. The van der Waals surface area contributed by atoms with E-state index < -0.39 is 0 Å². The fourth-order valence-corrected chi connectivity index (χ4v) is 3.02. The summed E-state index contributed by atoms with van der Waals surface area (Å²) in [5.74, 6) is 0.887. The highest BCUT2D eigenvalue weighted by Gasteiger charge is 2.27. The van der Waals surface area contributed by atoms with E-state index in [1.165, 1.54) is 6.33 Å². The van der Waals surface area contributed by atoms with Gasteiger partial charge in [-0.1, -0.05) is 12.1 Å². The number of phenolic OH excluding ortho intramolecular Hbond substituents is 1.